The largest absolute Gasteiger partial charge is 0.448 e. The summed E-state index contributed by atoms with van der Waals surface area (Å²) in [4.78, 5) is 0. The molecule has 1 aromatic heterocycles. The maximum absolute atomic E-state index is 5.66. The minimum Gasteiger partial charge on any atom is -0.448 e. The second-order valence-corrected chi connectivity index (χ2v) is 4.84. The van der Waals surface area contributed by atoms with Gasteiger partial charge in [0.15, 0.2) is 5.22 Å². The van der Waals surface area contributed by atoms with Gasteiger partial charge in [0, 0.05) is 11.8 Å². The van der Waals surface area contributed by atoms with Crippen LogP contribution in [-0.4, -0.2) is 17.5 Å². The summed E-state index contributed by atoms with van der Waals surface area (Å²) in [6.07, 6.45) is 0. The van der Waals surface area contributed by atoms with E-state index in [0.717, 1.165) is 18.1 Å². The molecule has 0 radical (unpaired) electrons. The molecule has 0 aliphatic carbocycles. The van der Waals surface area contributed by atoms with Crippen LogP contribution < -0.4 is 5.32 Å². The molecular formula is C10H16ClNOS. The lowest BCUT2D eigenvalue weighted by Gasteiger charge is -2.11. The number of furan rings is 1. The van der Waals surface area contributed by atoms with E-state index in [-0.39, 0.29) is 0 Å². The van der Waals surface area contributed by atoms with Crippen molar-refractivity contribution in [2.75, 3.05) is 11.5 Å². The molecule has 80 valence electrons. The van der Waals surface area contributed by atoms with Crippen LogP contribution in [0.4, 0.5) is 0 Å². The first-order valence-corrected chi connectivity index (χ1v) is 6.31. The van der Waals surface area contributed by atoms with E-state index >= 15 is 0 Å². The third-order valence-electron chi connectivity index (χ3n) is 1.83. The van der Waals surface area contributed by atoms with Gasteiger partial charge in [-0.25, -0.2) is 0 Å². The second-order valence-electron chi connectivity index (χ2n) is 3.15. The van der Waals surface area contributed by atoms with E-state index in [1.807, 2.05) is 17.8 Å². The van der Waals surface area contributed by atoms with E-state index in [1.54, 1.807) is 6.07 Å². The minimum atomic E-state index is 0.456. The lowest BCUT2D eigenvalue weighted by atomic mass is 10.3. The quantitative estimate of drug-likeness (QED) is 0.817. The average molecular weight is 234 g/mol. The van der Waals surface area contributed by atoms with Crippen LogP contribution in [0.1, 0.15) is 19.6 Å². The molecule has 0 aromatic carbocycles. The number of halogens is 1. The van der Waals surface area contributed by atoms with Gasteiger partial charge >= 0.3 is 0 Å². The molecule has 4 heteroatoms. The Balaban J connectivity index is 2.20. The van der Waals surface area contributed by atoms with Crippen molar-refractivity contribution in [2.24, 2.45) is 0 Å². The first kappa shape index (κ1) is 12.0. The molecule has 0 amide bonds. The molecule has 2 nitrogen and oxygen atoms in total. The predicted molar refractivity (Wildman–Crippen MR) is 63.0 cm³/mol. The molecule has 1 unspecified atom stereocenters. The molecule has 0 aliphatic heterocycles. The highest BCUT2D eigenvalue weighted by atomic mass is 35.5. The molecule has 0 bridgehead atoms. The zero-order valence-corrected chi connectivity index (χ0v) is 10.1. The molecule has 1 atom stereocenters. The van der Waals surface area contributed by atoms with Crippen LogP contribution in [0.25, 0.3) is 0 Å². The number of hydrogen-bond acceptors (Lipinski definition) is 3. The molecule has 0 saturated heterocycles. The molecule has 1 N–H and O–H groups in total. The van der Waals surface area contributed by atoms with Crippen LogP contribution in [0.15, 0.2) is 16.5 Å². The third-order valence-corrected chi connectivity index (χ3v) is 3.17. The van der Waals surface area contributed by atoms with Crippen LogP contribution in [0.5, 0.6) is 0 Å². The van der Waals surface area contributed by atoms with Gasteiger partial charge < -0.3 is 9.73 Å². The fourth-order valence-corrected chi connectivity index (χ4v) is 1.94. The topological polar surface area (TPSA) is 25.2 Å². The molecule has 0 spiro atoms. The molecule has 0 fully saturated rings. The summed E-state index contributed by atoms with van der Waals surface area (Å²) in [6.45, 7) is 5.09. The highest BCUT2D eigenvalue weighted by molar-refractivity contribution is 7.99. The Hall–Kier alpha value is -0.120. The van der Waals surface area contributed by atoms with Crippen LogP contribution in [-0.2, 0) is 6.54 Å². The Morgan fingerprint density at radius 1 is 1.57 bits per heavy atom. The standard InChI is InChI=1S/C10H16ClNOS/c1-3-14-7-8(2)12-6-9-4-5-10(11)13-9/h4-5,8,12H,3,6-7H2,1-2H3. The van der Waals surface area contributed by atoms with E-state index in [2.05, 4.69) is 19.2 Å². The smallest absolute Gasteiger partial charge is 0.193 e. The van der Waals surface area contributed by atoms with Crippen LogP contribution in [0.2, 0.25) is 5.22 Å². The summed E-state index contributed by atoms with van der Waals surface area (Å²) in [5.41, 5.74) is 0. The van der Waals surface area contributed by atoms with Crippen LogP contribution in [0.3, 0.4) is 0 Å². The maximum Gasteiger partial charge on any atom is 0.193 e. The van der Waals surface area contributed by atoms with Gasteiger partial charge in [0.1, 0.15) is 5.76 Å². The third kappa shape index (κ3) is 4.40. The SMILES string of the molecule is CCSCC(C)NCc1ccc(Cl)o1. The van der Waals surface area contributed by atoms with Crippen LogP contribution in [0, 0.1) is 0 Å². The van der Waals surface area contributed by atoms with Crippen molar-refractivity contribution in [1.82, 2.24) is 5.32 Å². The van der Waals surface area contributed by atoms with E-state index in [4.69, 9.17) is 16.0 Å². The highest BCUT2D eigenvalue weighted by Crippen LogP contribution is 2.13. The number of rotatable bonds is 6. The fraction of sp³-hybridized carbons (Fsp3) is 0.600. The van der Waals surface area contributed by atoms with Crippen molar-refractivity contribution < 1.29 is 4.42 Å². The van der Waals surface area contributed by atoms with Gasteiger partial charge in [0.25, 0.3) is 0 Å². The monoisotopic (exact) mass is 233 g/mol. The van der Waals surface area contributed by atoms with E-state index in [9.17, 15) is 0 Å². The van der Waals surface area contributed by atoms with Crippen molar-refractivity contribution in [1.29, 1.82) is 0 Å². The Labute approximate surface area is 94.4 Å². The summed E-state index contributed by atoms with van der Waals surface area (Å²) >= 11 is 7.60. The molecule has 1 aromatic rings. The lowest BCUT2D eigenvalue weighted by Crippen LogP contribution is -2.27. The molecule has 0 saturated carbocycles. The summed E-state index contributed by atoms with van der Waals surface area (Å²) in [6, 6.07) is 4.17. The minimum absolute atomic E-state index is 0.456. The van der Waals surface area contributed by atoms with Gasteiger partial charge in [0.05, 0.1) is 6.54 Å². The second kappa shape index (κ2) is 6.38. The first-order chi connectivity index (χ1) is 6.72. The molecule has 0 aliphatic rings. The normalized spacial score (nSPS) is 13.1. The first-order valence-electron chi connectivity index (χ1n) is 4.77. The van der Waals surface area contributed by atoms with Crippen LogP contribution >= 0.6 is 23.4 Å². The summed E-state index contributed by atoms with van der Waals surface area (Å²) in [5, 5.41) is 3.83. The Kier molecular flexibility index (Phi) is 5.45. The fourth-order valence-electron chi connectivity index (χ4n) is 1.08. The number of hydrogen-bond donors (Lipinski definition) is 1. The zero-order valence-electron chi connectivity index (χ0n) is 8.55. The van der Waals surface area contributed by atoms with E-state index in [0.29, 0.717) is 11.3 Å². The average Bonchev–Trinajstić information content (AvgIpc) is 2.58. The van der Waals surface area contributed by atoms with Gasteiger partial charge in [-0.05, 0) is 36.4 Å². The molecular weight excluding hydrogens is 218 g/mol. The Bertz CT molecular complexity index is 264. The van der Waals surface area contributed by atoms with Gasteiger partial charge in [-0.1, -0.05) is 6.92 Å². The number of thioether (sulfide) groups is 1. The number of nitrogens with one attached hydrogen (secondary N) is 1. The highest BCUT2D eigenvalue weighted by Gasteiger charge is 2.03. The van der Waals surface area contributed by atoms with Crippen molar-refractivity contribution in [3.63, 3.8) is 0 Å². The molecule has 1 rings (SSSR count). The predicted octanol–water partition coefficient (Wildman–Crippen LogP) is 3.16. The van der Waals surface area contributed by atoms with Gasteiger partial charge in [0.2, 0.25) is 0 Å². The van der Waals surface area contributed by atoms with Crippen molar-refractivity contribution in [3.05, 3.63) is 23.1 Å². The summed E-state index contributed by atoms with van der Waals surface area (Å²) in [5.74, 6) is 3.19. The van der Waals surface area contributed by atoms with E-state index in [1.165, 1.54) is 5.75 Å². The van der Waals surface area contributed by atoms with Crippen molar-refractivity contribution in [2.45, 2.75) is 26.4 Å². The zero-order chi connectivity index (χ0) is 10.4. The maximum atomic E-state index is 5.66. The molecule has 1 heterocycles. The lowest BCUT2D eigenvalue weighted by molar-refractivity contribution is 0.468. The van der Waals surface area contributed by atoms with Gasteiger partial charge in [-0.15, -0.1) is 0 Å². The Morgan fingerprint density at radius 2 is 2.36 bits per heavy atom. The summed E-state index contributed by atoms with van der Waals surface area (Å²) in [7, 11) is 0. The molecule has 14 heavy (non-hydrogen) atoms. The van der Waals surface area contributed by atoms with Crippen molar-refractivity contribution >= 4 is 23.4 Å². The van der Waals surface area contributed by atoms with Gasteiger partial charge in [-0.3, -0.25) is 0 Å². The van der Waals surface area contributed by atoms with Crippen molar-refractivity contribution in [3.8, 4) is 0 Å². The van der Waals surface area contributed by atoms with Gasteiger partial charge in [-0.2, -0.15) is 11.8 Å². The Morgan fingerprint density at radius 3 is 2.93 bits per heavy atom. The summed E-state index contributed by atoms with van der Waals surface area (Å²) < 4.78 is 5.23. The van der Waals surface area contributed by atoms with E-state index < -0.39 is 0 Å².